The summed E-state index contributed by atoms with van der Waals surface area (Å²) in [6, 6.07) is 11.1. The summed E-state index contributed by atoms with van der Waals surface area (Å²) in [6.07, 6.45) is 3.79. The third-order valence-corrected chi connectivity index (χ3v) is 8.61. The highest BCUT2D eigenvalue weighted by Crippen LogP contribution is 2.23. The van der Waals surface area contributed by atoms with Gasteiger partial charge in [-0.05, 0) is 74.2 Å². The van der Waals surface area contributed by atoms with E-state index in [0.29, 0.717) is 24.5 Å². The number of nitrogens with zero attached hydrogens (tertiary/aromatic N) is 2. The molecule has 1 heterocycles. The Bertz CT molecular complexity index is 1190. The van der Waals surface area contributed by atoms with Crippen LogP contribution in [0.5, 0.6) is 0 Å². The molecule has 0 spiro atoms. The number of hydrogen-bond acceptors (Lipinski definition) is 5. The average molecular weight is 480 g/mol. The molecular formula is C22H29N3O5S2. The molecule has 1 fully saturated rings. The lowest BCUT2D eigenvalue weighted by atomic mass is 10.1. The van der Waals surface area contributed by atoms with E-state index in [4.69, 9.17) is 0 Å². The highest BCUT2D eigenvalue weighted by atomic mass is 32.2. The normalized spacial score (nSPS) is 15.3. The summed E-state index contributed by atoms with van der Waals surface area (Å²) >= 11 is 0. The first-order chi connectivity index (χ1) is 15.0. The lowest BCUT2D eigenvalue weighted by Gasteiger charge is -2.26. The van der Waals surface area contributed by atoms with Crippen molar-refractivity contribution in [2.24, 2.45) is 0 Å². The van der Waals surface area contributed by atoms with E-state index in [0.717, 1.165) is 41.0 Å². The Hall–Kier alpha value is -2.43. The van der Waals surface area contributed by atoms with Crippen molar-refractivity contribution in [3.63, 3.8) is 0 Å². The average Bonchev–Trinajstić information content (AvgIpc) is 2.74. The number of aryl methyl sites for hydroxylation is 2. The SMILES string of the molecule is Cc1ccc(N(CC(=O)Nc2ccc(S(=O)(=O)N3CCCCC3)cc2)S(C)(=O)=O)cc1C. The summed E-state index contributed by atoms with van der Waals surface area (Å²) in [7, 11) is -7.24. The van der Waals surface area contributed by atoms with Gasteiger partial charge in [-0.25, -0.2) is 16.8 Å². The molecule has 8 nitrogen and oxygen atoms in total. The van der Waals surface area contributed by atoms with Gasteiger partial charge in [-0.3, -0.25) is 9.10 Å². The van der Waals surface area contributed by atoms with Gasteiger partial charge in [-0.15, -0.1) is 0 Å². The fourth-order valence-electron chi connectivity index (χ4n) is 3.58. The Kier molecular flexibility index (Phi) is 7.26. The van der Waals surface area contributed by atoms with Gasteiger partial charge in [-0.1, -0.05) is 12.5 Å². The molecule has 0 atom stereocenters. The van der Waals surface area contributed by atoms with Gasteiger partial charge in [0.15, 0.2) is 0 Å². The van der Waals surface area contributed by atoms with E-state index in [1.807, 2.05) is 19.9 Å². The third-order valence-electron chi connectivity index (χ3n) is 5.56. The minimum absolute atomic E-state index is 0.172. The number of piperidine rings is 1. The molecule has 0 radical (unpaired) electrons. The first kappa shape index (κ1) is 24.2. The zero-order chi connectivity index (χ0) is 23.5. The number of amides is 1. The van der Waals surface area contributed by atoms with Crippen molar-refractivity contribution in [3.05, 3.63) is 53.6 Å². The number of anilines is 2. The zero-order valence-electron chi connectivity index (χ0n) is 18.5. The Labute approximate surface area is 190 Å². The largest absolute Gasteiger partial charge is 0.325 e. The predicted octanol–water partition coefficient (Wildman–Crippen LogP) is 2.88. The van der Waals surface area contributed by atoms with E-state index in [-0.39, 0.29) is 4.90 Å². The van der Waals surface area contributed by atoms with Crippen molar-refractivity contribution in [1.82, 2.24) is 4.31 Å². The van der Waals surface area contributed by atoms with Gasteiger partial charge in [-0.2, -0.15) is 4.31 Å². The van der Waals surface area contributed by atoms with Gasteiger partial charge in [0.1, 0.15) is 6.54 Å². The van der Waals surface area contributed by atoms with Crippen molar-refractivity contribution in [1.29, 1.82) is 0 Å². The molecule has 1 N–H and O–H groups in total. The van der Waals surface area contributed by atoms with Gasteiger partial charge in [0.2, 0.25) is 26.0 Å². The first-order valence-electron chi connectivity index (χ1n) is 10.4. The summed E-state index contributed by atoms with van der Waals surface area (Å²) in [5.74, 6) is -0.528. The molecule has 0 unspecified atom stereocenters. The predicted molar refractivity (Wildman–Crippen MR) is 126 cm³/mol. The molecule has 0 bridgehead atoms. The summed E-state index contributed by atoms with van der Waals surface area (Å²) in [5.41, 5.74) is 2.74. The Balaban J connectivity index is 1.72. The zero-order valence-corrected chi connectivity index (χ0v) is 20.2. The Morgan fingerprint density at radius 2 is 1.56 bits per heavy atom. The van der Waals surface area contributed by atoms with Gasteiger partial charge in [0, 0.05) is 18.8 Å². The van der Waals surface area contributed by atoms with Crippen LogP contribution in [0.2, 0.25) is 0 Å². The molecular weight excluding hydrogens is 450 g/mol. The summed E-state index contributed by atoms with van der Waals surface area (Å²) in [4.78, 5) is 12.8. The maximum atomic E-state index is 12.8. The van der Waals surface area contributed by atoms with Gasteiger partial charge in [0.25, 0.3) is 0 Å². The van der Waals surface area contributed by atoms with Crippen LogP contribution >= 0.6 is 0 Å². The van der Waals surface area contributed by atoms with Gasteiger partial charge < -0.3 is 5.32 Å². The molecule has 1 saturated heterocycles. The van der Waals surface area contributed by atoms with Crippen LogP contribution in [0.1, 0.15) is 30.4 Å². The second-order valence-electron chi connectivity index (χ2n) is 8.08. The standard InChI is InChI=1S/C22H29N3O5S2/c1-17-7-10-20(15-18(17)2)25(31(3,27)28)16-22(26)23-19-8-11-21(12-9-19)32(29,30)24-13-5-4-6-14-24/h7-12,15H,4-6,13-14,16H2,1-3H3,(H,23,26). The van der Waals surface area contributed by atoms with E-state index in [9.17, 15) is 21.6 Å². The Morgan fingerprint density at radius 1 is 0.938 bits per heavy atom. The molecule has 32 heavy (non-hydrogen) atoms. The van der Waals surface area contributed by atoms with Crippen LogP contribution in [0.25, 0.3) is 0 Å². The number of nitrogens with one attached hydrogen (secondary N) is 1. The lowest BCUT2D eigenvalue weighted by molar-refractivity contribution is -0.114. The maximum Gasteiger partial charge on any atom is 0.245 e. The number of sulfonamides is 2. The molecule has 0 aliphatic carbocycles. The molecule has 174 valence electrons. The number of carbonyl (C=O) groups excluding carboxylic acids is 1. The molecule has 1 aliphatic heterocycles. The number of carbonyl (C=O) groups is 1. The summed E-state index contributed by atoms with van der Waals surface area (Å²) < 4.78 is 52.6. The van der Waals surface area contributed by atoms with Crippen molar-refractivity contribution in [2.45, 2.75) is 38.0 Å². The third kappa shape index (κ3) is 5.67. The van der Waals surface area contributed by atoms with E-state index in [1.165, 1.54) is 28.6 Å². The Morgan fingerprint density at radius 3 is 2.12 bits per heavy atom. The molecule has 10 heteroatoms. The van der Waals surface area contributed by atoms with Crippen LogP contribution in [0.3, 0.4) is 0 Å². The molecule has 1 amide bonds. The number of hydrogen-bond donors (Lipinski definition) is 1. The van der Waals surface area contributed by atoms with Crippen LogP contribution in [-0.4, -0.2) is 52.9 Å². The van der Waals surface area contributed by atoms with Gasteiger partial charge >= 0.3 is 0 Å². The van der Waals surface area contributed by atoms with E-state index >= 15 is 0 Å². The fourth-order valence-corrected chi connectivity index (χ4v) is 5.94. The van der Waals surface area contributed by atoms with Gasteiger partial charge in [0.05, 0.1) is 16.8 Å². The van der Waals surface area contributed by atoms with E-state index < -0.39 is 32.5 Å². The van der Waals surface area contributed by atoms with Crippen LogP contribution in [0.15, 0.2) is 47.4 Å². The van der Waals surface area contributed by atoms with Crippen molar-refractivity contribution >= 4 is 37.3 Å². The second-order valence-corrected chi connectivity index (χ2v) is 11.9. The van der Waals surface area contributed by atoms with Crippen LogP contribution in [0, 0.1) is 13.8 Å². The van der Waals surface area contributed by atoms with E-state index in [2.05, 4.69) is 5.32 Å². The minimum Gasteiger partial charge on any atom is -0.325 e. The van der Waals surface area contributed by atoms with Crippen molar-refractivity contribution in [3.8, 4) is 0 Å². The fraction of sp³-hybridized carbons (Fsp3) is 0.409. The van der Waals surface area contributed by atoms with Crippen molar-refractivity contribution in [2.75, 3.05) is 35.5 Å². The monoisotopic (exact) mass is 479 g/mol. The number of benzene rings is 2. The topological polar surface area (TPSA) is 104 Å². The summed E-state index contributed by atoms with van der Waals surface area (Å²) in [5, 5.41) is 2.64. The minimum atomic E-state index is -3.69. The first-order valence-corrected chi connectivity index (χ1v) is 13.7. The van der Waals surface area contributed by atoms with Crippen LogP contribution < -0.4 is 9.62 Å². The molecule has 0 aromatic heterocycles. The number of rotatable bonds is 7. The molecule has 0 saturated carbocycles. The second kappa shape index (κ2) is 9.60. The highest BCUT2D eigenvalue weighted by molar-refractivity contribution is 7.92. The van der Waals surface area contributed by atoms with E-state index in [1.54, 1.807) is 12.1 Å². The van der Waals surface area contributed by atoms with Crippen LogP contribution in [0.4, 0.5) is 11.4 Å². The van der Waals surface area contributed by atoms with Crippen molar-refractivity contribution < 1.29 is 21.6 Å². The quantitative estimate of drug-likeness (QED) is 0.658. The molecule has 2 aromatic rings. The highest BCUT2D eigenvalue weighted by Gasteiger charge is 2.26. The molecule has 1 aliphatic rings. The molecule has 2 aromatic carbocycles. The molecule has 3 rings (SSSR count). The summed E-state index contributed by atoms with van der Waals surface area (Å²) in [6.45, 7) is 4.43. The smallest absolute Gasteiger partial charge is 0.245 e. The lowest BCUT2D eigenvalue weighted by Crippen LogP contribution is -2.37. The van der Waals surface area contributed by atoms with Crippen LogP contribution in [-0.2, 0) is 24.8 Å². The maximum absolute atomic E-state index is 12.8.